The van der Waals surface area contributed by atoms with Gasteiger partial charge in [0.25, 0.3) is 0 Å². The van der Waals surface area contributed by atoms with Gasteiger partial charge >= 0.3 is 12.1 Å². The maximum Gasteiger partial charge on any atom is 0.410 e. The number of nitrogens with zero attached hydrogens (tertiary/aromatic N) is 2. The molecule has 2 aliphatic carbocycles. The molecule has 176 valence electrons. The minimum atomic E-state index is -0.567. The number of amides is 4. The summed E-state index contributed by atoms with van der Waals surface area (Å²) < 4.78 is 5.51. The van der Waals surface area contributed by atoms with Crippen LogP contribution in [0.25, 0.3) is 0 Å². The van der Waals surface area contributed by atoms with Gasteiger partial charge in [-0.25, -0.2) is 9.59 Å². The topological polar surface area (TPSA) is 79.0 Å². The van der Waals surface area contributed by atoms with Gasteiger partial charge in [0.15, 0.2) is 0 Å². The van der Waals surface area contributed by atoms with Gasteiger partial charge < -0.3 is 15.0 Å². The largest absolute Gasteiger partial charge is 0.444 e. The molecule has 1 saturated heterocycles. The smallest absolute Gasteiger partial charge is 0.410 e. The highest BCUT2D eigenvalue weighted by molar-refractivity contribution is 5.96. The predicted octanol–water partition coefficient (Wildman–Crippen LogP) is 4.84. The lowest BCUT2D eigenvalue weighted by Crippen LogP contribution is -2.56. The van der Waals surface area contributed by atoms with Crippen molar-refractivity contribution >= 4 is 18.0 Å². The summed E-state index contributed by atoms with van der Waals surface area (Å²) in [5.74, 6) is -0.464. The molecule has 1 aliphatic heterocycles. The molecule has 7 nitrogen and oxygen atoms in total. The van der Waals surface area contributed by atoms with E-state index in [9.17, 15) is 14.4 Å². The van der Waals surface area contributed by atoms with E-state index < -0.39 is 5.60 Å². The van der Waals surface area contributed by atoms with Crippen LogP contribution in [-0.2, 0) is 9.53 Å². The third-order valence-electron chi connectivity index (χ3n) is 6.75. The summed E-state index contributed by atoms with van der Waals surface area (Å²) in [6.45, 7) is 6.46. The molecule has 0 spiro atoms. The Morgan fingerprint density at radius 3 is 2.10 bits per heavy atom. The maximum absolute atomic E-state index is 13.6. The van der Waals surface area contributed by atoms with Gasteiger partial charge in [-0.1, -0.05) is 38.5 Å². The Balaban J connectivity index is 1.69. The second-order valence-corrected chi connectivity index (χ2v) is 10.6. The fourth-order valence-corrected chi connectivity index (χ4v) is 5.14. The van der Waals surface area contributed by atoms with Crippen LogP contribution in [-0.4, -0.2) is 58.6 Å². The van der Waals surface area contributed by atoms with Crippen LogP contribution in [0.2, 0.25) is 0 Å². The number of likely N-dealkylation sites (tertiary alicyclic amines) is 1. The Hall–Kier alpha value is -1.79. The third kappa shape index (κ3) is 6.84. The lowest BCUT2D eigenvalue weighted by atomic mass is 9.91. The molecule has 4 amide bonds. The summed E-state index contributed by atoms with van der Waals surface area (Å²) in [5.41, 5.74) is -0.567. The van der Waals surface area contributed by atoms with Crippen LogP contribution >= 0.6 is 0 Å². The second kappa shape index (κ2) is 10.7. The van der Waals surface area contributed by atoms with Crippen molar-refractivity contribution in [3.63, 3.8) is 0 Å². The summed E-state index contributed by atoms with van der Waals surface area (Å²) >= 11 is 0. The Kier molecular flexibility index (Phi) is 8.23. The molecule has 3 rings (SSSR count). The zero-order valence-corrected chi connectivity index (χ0v) is 19.7. The number of carbonyl (C=O) groups is 3. The molecule has 0 bridgehead atoms. The predicted molar refractivity (Wildman–Crippen MR) is 120 cm³/mol. The van der Waals surface area contributed by atoms with Crippen LogP contribution < -0.4 is 5.32 Å². The third-order valence-corrected chi connectivity index (χ3v) is 6.75. The second-order valence-electron chi connectivity index (χ2n) is 10.6. The highest BCUT2D eigenvalue weighted by atomic mass is 16.6. The van der Waals surface area contributed by atoms with Gasteiger partial charge in [0.2, 0.25) is 5.91 Å². The van der Waals surface area contributed by atoms with E-state index in [0.29, 0.717) is 19.5 Å². The molecule has 3 fully saturated rings. The number of imide groups is 1. The fraction of sp³-hybridized carbons (Fsp3) is 0.875. The van der Waals surface area contributed by atoms with Gasteiger partial charge in [-0.15, -0.1) is 0 Å². The Morgan fingerprint density at radius 1 is 0.871 bits per heavy atom. The minimum Gasteiger partial charge on any atom is -0.444 e. The summed E-state index contributed by atoms with van der Waals surface area (Å²) in [7, 11) is 0. The van der Waals surface area contributed by atoms with Crippen LogP contribution in [0.15, 0.2) is 0 Å². The van der Waals surface area contributed by atoms with Gasteiger partial charge in [-0.05, 0) is 59.3 Å². The zero-order valence-electron chi connectivity index (χ0n) is 19.7. The van der Waals surface area contributed by atoms with E-state index in [1.165, 1.54) is 17.7 Å². The molecule has 0 unspecified atom stereocenters. The average molecular weight is 436 g/mol. The van der Waals surface area contributed by atoms with Crippen LogP contribution in [0.4, 0.5) is 9.59 Å². The molecule has 1 heterocycles. The number of ether oxygens (including phenoxy) is 1. The monoisotopic (exact) mass is 435 g/mol. The maximum atomic E-state index is 13.6. The first kappa shape index (κ1) is 23.9. The zero-order chi connectivity index (χ0) is 22.4. The van der Waals surface area contributed by atoms with Crippen LogP contribution in [0.5, 0.6) is 0 Å². The lowest BCUT2D eigenvalue weighted by molar-refractivity contribution is -0.136. The van der Waals surface area contributed by atoms with Gasteiger partial charge in [0.1, 0.15) is 5.60 Å². The summed E-state index contributed by atoms with van der Waals surface area (Å²) in [6.07, 6.45) is 11.6. The van der Waals surface area contributed by atoms with E-state index in [1.807, 2.05) is 20.8 Å². The summed E-state index contributed by atoms with van der Waals surface area (Å²) in [5, 5.41) is 3.16. The van der Waals surface area contributed by atoms with Crippen molar-refractivity contribution in [1.82, 2.24) is 15.1 Å². The Morgan fingerprint density at radius 2 is 1.48 bits per heavy atom. The first-order valence-corrected chi connectivity index (χ1v) is 12.4. The highest BCUT2D eigenvalue weighted by Crippen LogP contribution is 2.28. The number of carbonyl (C=O) groups excluding carboxylic acids is 3. The summed E-state index contributed by atoms with van der Waals surface area (Å²) in [4.78, 5) is 42.6. The Bertz CT molecular complexity index is 633. The van der Waals surface area contributed by atoms with Crippen LogP contribution in [0.3, 0.4) is 0 Å². The van der Waals surface area contributed by atoms with Crippen LogP contribution in [0, 0.1) is 5.92 Å². The van der Waals surface area contributed by atoms with Gasteiger partial charge in [0.05, 0.1) is 5.92 Å². The first-order chi connectivity index (χ1) is 14.7. The molecule has 2 saturated carbocycles. The quantitative estimate of drug-likeness (QED) is 0.688. The molecule has 31 heavy (non-hydrogen) atoms. The molecule has 0 radical (unpaired) electrons. The molecule has 0 aromatic carbocycles. The number of hydrogen-bond donors (Lipinski definition) is 1. The van der Waals surface area contributed by atoms with Crippen molar-refractivity contribution in [2.45, 2.75) is 116 Å². The SMILES string of the molecule is CC(C)(C)OC(=O)N1CCC[C@@H](C(=O)N(C(=O)NC2CCCCC2)C2CCCCC2)C1. The van der Waals surface area contributed by atoms with Crippen molar-refractivity contribution in [2.75, 3.05) is 13.1 Å². The normalized spacial score (nSPS) is 23.8. The average Bonchev–Trinajstić information content (AvgIpc) is 2.74. The molecule has 0 aromatic rings. The highest BCUT2D eigenvalue weighted by Gasteiger charge is 2.39. The van der Waals surface area contributed by atoms with E-state index in [2.05, 4.69) is 5.32 Å². The van der Waals surface area contributed by atoms with Crippen molar-refractivity contribution in [1.29, 1.82) is 0 Å². The van der Waals surface area contributed by atoms with E-state index in [0.717, 1.165) is 57.8 Å². The van der Waals surface area contributed by atoms with Gasteiger partial charge in [0, 0.05) is 25.2 Å². The van der Waals surface area contributed by atoms with Crippen molar-refractivity contribution in [3.8, 4) is 0 Å². The van der Waals surface area contributed by atoms with Crippen molar-refractivity contribution < 1.29 is 19.1 Å². The van der Waals surface area contributed by atoms with E-state index >= 15 is 0 Å². The number of piperidine rings is 1. The minimum absolute atomic E-state index is 0.0262. The van der Waals surface area contributed by atoms with Crippen LogP contribution in [0.1, 0.15) is 97.8 Å². The van der Waals surface area contributed by atoms with E-state index in [1.54, 1.807) is 4.90 Å². The number of rotatable bonds is 3. The molecule has 0 aromatic heterocycles. The standard InChI is InChI=1S/C24H41N3O4/c1-24(2,3)31-23(30)26-16-10-11-18(17-26)21(28)27(20-14-8-5-9-15-20)22(29)25-19-12-6-4-7-13-19/h18-20H,4-17H2,1-3H3,(H,25,29)/t18-/m1/s1. The van der Waals surface area contributed by atoms with Crippen molar-refractivity contribution in [3.05, 3.63) is 0 Å². The van der Waals surface area contributed by atoms with E-state index in [-0.39, 0.29) is 36.0 Å². The molecule has 1 atom stereocenters. The number of nitrogens with one attached hydrogen (secondary N) is 1. The molecule has 3 aliphatic rings. The summed E-state index contributed by atoms with van der Waals surface area (Å²) in [6, 6.07) is -0.0790. The molecule has 7 heteroatoms. The number of urea groups is 1. The van der Waals surface area contributed by atoms with Gasteiger partial charge in [-0.2, -0.15) is 0 Å². The fourth-order valence-electron chi connectivity index (χ4n) is 5.14. The van der Waals surface area contributed by atoms with Crippen molar-refractivity contribution in [2.24, 2.45) is 5.92 Å². The van der Waals surface area contributed by atoms with Gasteiger partial charge in [-0.3, -0.25) is 9.69 Å². The molecular weight excluding hydrogens is 394 g/mol. The number of hydrogen-bond acceptors (Lipinski definition) is 4. The Labute approximate surface area is 187 Å². The molecular formula is C24H41N3O4. The molecule has 1 N–H and O–H groups in total. The lowest BCUT2D eigenvalue weighted by Gasteiger charge is -2.39. The van der Waals surface area contributed by atoms with E-state index in [4.69, 9.17) is 4.74 Å². The first-order valence-electron chi connectivity index (χ1n) is 12.4.